The molecule has 6 atom stereocenters. The lowest BCUT2D eigenvalue weighted by Crippen LogP contribution is -2.73. The van der Waals surface area contributed by atoms with Crippen LogP contribution in [0.3, 0.4) is 0 Å². The molecule has 26 heavy (non-hydrogen) atoms. The molecule has 2 fully saturated rings. The Labute approximate surface area is 148 Å². The van der Waals surface area contributed by atoms with Crippen LogP contribution < -0.4 is 5.32 Å². The molecule has 1 aromatic rings. The zero-order valence-electron chi connectivity index (χ0n) is 13.8. The van der Waals surface area contributed by atoms with E-state index in [9.17, 15) is 34.5 Å². The highest BCUT2D eigenvalue weighted by Crippen LogP contribution is 2.39. The third kappa shape index (κ3) is 2.60. The van der Waals surface area contributed by atoms with E-state index < -0.39 is 59.8 Å². The molecule has 0 bridgehead atoms. The number of carbonyl (C=O) groups is 4. The molecule has 2 saturated heterocycles. The maximum atomic E-state index is 12.5. The van der Waals surface area contributed by atoms with Crippen molar-refractivity contribution in [3.05, 3.63) is 35.9 Å². The molecule has 1 aromatic carbocycles. The maximum Gasteiger partial charge on any atom is 0.326 e. The van der Waals surface area contributed by atoms with Crippen LogP contribution in [-0.2, 0) is 19.2 Å². The summed E-state index contributed by atoms with van der Waals surface area (Å²) in [6.45, 7) is 1.51. The Balaban J connectivity index is 1.79. The molecule has 0 saturated carbocycles. The van der Waals surface area contributed by atoms with Crippen LogP contribution in [0, 0.1) is 5.92 Å². The Morgan fingerprint density at radius 1 is 1.15 bits per heavy atom. The monoisotopic (exact) mass is 362 g/mol. The second-order valence-corrected chi connectivity index (χ2v) is 6.54. The number of hydrogen-bond donors (Lipinski definition) is 4. The van der Waals surface area contributed by atoms with E-state index in [1.54, 1.807) is 18.2 Å². The zero-order chi connectivity index (χ0) is 19.2. The smallest absolute Gasteiger partial charge is 0.326 e. The fraction of sp³-hybridized carbons (Fsp3) is 0.412. The van der Waals surface area contributed by atoms with E-state index in [0.29, 0.717) is 0 Å². The number of nitrogens with one attached hydrogen (secondary N) is 1. The van der Waals surface area contributed by atoms with Gasteiger partial charge in [0.05, 0.1) is 12.1 Å². The minimum absolute atomic E-state index is 0.255. The van der Waals surface area contributed by atoms with Crippen LogP contribution in [0.15, 0.2) is 30.3 Å². The predicted octanol–water partition coefficient (Wildman–Crippen LogP) is -0.986. The normalized spacial score (nSPS) is 30.9. The quantitative estimate of drug-likeness (QED) is 0.389. The first-order valence-corrected chi connectivity index (χ1v) is 8.07. The molecule has 0 aliphatic carbocycles. The molecule has 0 spiro atoms. The number of β-lactam (4-membered cyclic amide) rings is 1. The van der Waals surface area contributed by atoms with Crippen LogP contribution in [0.2, 0.25) is 0 Å². The average molecular weight is 362 g/mol. The van der Waals surface area contributed by atoms with Crippen molar-refractivity contribution in [2.24, 2.45) is 5.92 Å². The number of carboxylic acid groups (broad SMARTS) is 2. The van der Waals surface area contributed by atoms with Gasteiger partial charge in [-0.05, 0) is 5.56 Å². The highest BCUT2D eigenvalue weighted by Gasteiger charge is 2.64. The van der Waals surface area contributed by atoms with E-state index in [1.165, 1.54) is 19.1 Å². The van der Waals surface area contributed by atoms with Crippen LogP contribution in [0.4, 0.5) is 0 Å². The highest BCUT2D eigenvalue weighted by atomic mass is 16.4. The molecular formula is C17H18N2O7. The fourth-order valence-electron chi connectivity index (χ4n) is 3.75. The van der Waals surface area contributed by atoms with E-state index in [1.807, 2.05) is 0 Å². The van der Waals surface area contributed by atoms with Gasteiger partial charge in [0.25, 0.3) is 0 Å². The van der Waals surface area contributed by atoms with Gasteiger partial charge >= 0.3 is 11.9 Å². The number of amides is 2. The lowest BCUT2D eigenvalue weighted by molar-refractivity contribution is -0.163. The van der Waals surface area contributed by atoms with E-state index in [-0.39, 0.29) is 5.56 Å². The molecule has 3 rings (SSSR count). The van der Waals surface area contributed by atoms with Gasteiger partial charge < -0.3 is 25.5 Å². The number of fused-ring (bicyclic) bond motifs is 1. The van der Waals surface area contributed by atoms with Gasteiger partial charge in [-0.1, -0.05) is 37.3 Å². The minimum Gasteiger partial charge on any atom is -0.480 e. The van der Waals surface area contributed by atoms with Crippen molar-refractivity contribution in [2.45, 2.75) is 37.1 Å². The number of benzene rings is 1. The Morgan fingerprint density at radius 2 is 1.77 bits per heavy atom. The van der Waals surface area contributed by atoms with Crippen molar-refractivity contribution in [1.29, 1.82) is 0 Å². The number of aliphatic hydroxyl groups is 1. The molecule has 2 heterocycles. The molecule has 138 valence electrons. The molecular weight excluding hydrogens is 344 g/mol. The van der Waals surface area contributed by atoms with Crippen molar-refractivity contribution in [2.75, 3.05) is 0 Å². The summed E-state index contributed by atoms with van der Waals surface area (Å²) in [7, 11) is 0. The Hall–Kier alpha value is -2.94. The number of hydrogen-bond acceptors (Lipinski definition) is 5. The molecule has 2 amide bonds. The van der Waals surface area contributed by atoms with E-state index in [0.717, 1.165) is 4.90 Å². The van der Waals surface area contributed by atoms with Gasteiger partial charge in [0.2, 0.25) is 11.8 Å². The first-order chi connectivity index (χ1) is 12.3. The average Bonchev–Trinajstić information content (AvgIpc) is 2.82. The van der Waals surface area contributed by atoms with Gasteiger partial charge in [-0.3, -0.25) is 14.4 Å². The SMILES string of the molecule is CC1C(O)[C@@H]2C(NC(=O)C(C(=O)O)c3ccccc3)C(=O)N2C1C(=O)O. The van der Waals surface area contributed by atoms with Crippen molar-refractivity contribution in [1.82, 2.24) is 10.2 Å². The molecule has 9 nitrogen and oxygen atoms in total. The van der Waals surface area contributed by atoms with E-state index >= 15 is 0 Å². The molecule has 9 heteroatoms. The molecule has 2 aliphatic rings. The lowest BCUT2D eigenvalue weighted by Gasteiger charge is -2.45. The fourth-order valence-corrected chi connectivity index (χ4v) is 3.75. The largest absolute Gasteiger partial charge is 0.480 e. The zero-order valence-corrected chi connectivity index (χ0v) is 13.8. The molecule has 0 radical (unpaired) electrons. The van der Waals surface area contributed by atoms with Gasteiger partial charge in [0, 0.05) is 5.92 Å². The third-order valence-electron chi connectivity index (χ3n) is 5.06. The maximum absolute atomic E-state index is 12.5. The Kier molecular flexibility index (Phi) is 4.41. The third-order valence-corrected chi connectivity index (χ3v) is 5.06. The van der Waals surface area contributed by atoms with Gasteiger partial charge in [-0.2, -0.15) is 0 Å². The first kappa shape index (κ1) is 17.9. The molecule has 0 aromatic heterocycles. The predicted molar refractivity (Wildman–Crippen MR) is 86.0 cm³/mol. The standard InChI is InChI=1S/C17H18N2O7/c1-7-11(17(25)26)19-12(13(7)20)10(15(19)22)18-14(21)9(16(23)24)8-5-3-2-4-6-8/h2-7,9-13,20H,1H3,(H,18,21)(H,23,24)(H,25,26)/t7?,9?,10?,11?,12-,13?/m0/s1. The summed E-state index contributed by atoms with van der Waals surface area (Å²) in [5.41, 5.74) is 0.255. The van der Waals surface area contributed by atoms with E-state index in [2.05, 4.69) is 5.32 Å². The Bertz CT molecular complexity index is 766. The van der Waals surface area contributed by atoms with Gasteiger partial charge in [-0.25, -0.2) is 4.79 Å². The second kappa shape index (κ2) is 6.41. The van der Waals surface area contributed by atoms with Gasteiger partial charge in [0.15, 0.2) is 5.92 Å². The number of rotatable bonds is 5. The minimum atomic E-state index is -1.51. The summed E-state index contributed by atoms with van der Waals surface area (Å²) in [5, 5.41) is 31.2. The van der Waals surface area contributed by atoms with Crippen molar-refractivity contribution < 1.29 is 34.5 Å². The second-order valence-electron chi connectivity index (χ2n) is 6.54. The number of aliphatic carboxylic acids is 2. The summed E-state index contributed by atoms with van der Waals surface area (Å²) in [6, 6.07) is 4.64. The number of carbonyl (C=O) groups excluding carboxylic acids is 2. The molecule has 4 N–H and O–H groups in total. The van der Waals surface area contributed by atoms with Crippen LogP contribution >= 0.6 is 0 Å². The number of aliphatic hydroxyl groups excluding tert-OH is 1. The van der Waals surface area contributed by atoms with Gasteiger partial charge in [-0.15, -0.1) is 0 Å². The van der Waals surface area contributed by atoms with Crippen molar-refractivity contribution in [3.63, 3.8) is 0 Å². The summed E-state index contributed by atoms with van der Waals surface area (Å²) in [6.07, 6.45) is -1.13. The first-order valence-electron chi connectivity index (χ1n) is 8.07. The molecule has 5 unspecified atom stereocenters. The van der Waals surface area contributed by atoms with Crippen LogP contribution in [-0.4, -0.2) is 68.2 Å². The summed E-state index contributed by atoms with van der Waals surface area (Å²) < 4.78 is 0. The van der Waals surface area contributed by atoms with Crippen LogP contribution in [0.5, 0.6) is 0 Å². The van der Waals surface area contributed by atoms with Crippen molar-refractivity contribution in [3.8, 4) is 0 Å². The van der Waals surface area contributed by atoms with Crippen LogP contribution in [0.1, 0.15) is 18.4 Å². The summed E-state index contributed by atoms with van der Waals surface area (Å²) in [5.74, 6) is -6.35. The van der Waals surface area contributed by atoms with Crippen LogP contribution in [0.25, 0.3) is 0 Å². The topological polar surface area (TPSA) is 144 Å². The summed E-state index contributed by atoms with van der Waals surface area (Å²) in [4.78, 5) is 48.7. The van der Waals surface area contributed by atoms with E-state index in [4.69, 9.17) is 0 Å². The van der Waals surface area contributed by atoms with Crippen molar-refractivity contribution >= 4 is 23.8 Å². The molecule has 2 aliphatic heterocycles. The summed E-state index contributed by atoms with van der Waals surface area (Å²) >= 11 is 0. The Morgan fingerprint density at radius 3 is 2.31 bits per heavy atom. The lowest BCUT2D eigenvalue weighted by atomic mass is 9.90. The number of nitrogens with zero attached hydrogens (tertiary/aromatic N) is 1. The van der Waals surface area contributed by atoms with Gasteiger partial charge in [0.1, 0.15) is 12.1 Å². The number of carboxylic acids is 2. The highest BCUT2D eigenvalue weighted by molar-refractivity contribution is 6.05.